The van der Waals surface area contributed by atoms with Gasteiger partial charge in [-0.1, -0.05) is 0 Å². The number of likely N-dealkylation sites (tertiary alicyclic amines) is 1. The second-order valence-corrected chi connectivity index (χ2v) is 7.01. The summed E-state index contributed by atoms with van der Waals surface area (Å²) < 4.78 is 5.75. The molecular weight excluding hydrogens is 274 g/mol. The molecule has 1 amide bonds. The van der Waals surface area contributed by atoms with E-state index in [2.05, 4.69) is 14.8 Å². The van der Waals surface area contributed by atoms with Crippen molar-refractivity contribution in [1.29, 1.82) is 0 Å². The summed E-state index contributed by atoms with van der Waals surface area (Å²) in [6.07, 6.45) is 4.60. The summed E-state index contributed by atoms with van der Waals surface area (Å²) in [6, 6.07) is 0.247. The van der Waals surface area contributed by atoms with Crippen LogP contribution in [0.15, 0.2) is 11.6 Å². The highest BCUT2D eigenvalue weighted by Gasteiger charge is 2.44. The van der Waals surface area contributed by atoms with E-state index in [0.29, 0.717) is 0 Å². The summed E-state index contributed by atoms with van der Waals surface area (Å²) in [4.78, 5) is 20.9. The summed E-state index contributed by atoms with van der Waals surface area (Å²) in [6.45, 7) is 3.91. The molecule has 4 rings (SSSR count). The van der Waals surface area contributed by atoms with Crippen LogP contribution in [0.4, 0.5) is 0 Å². The third-order valence-corrected chi connectivity index (χ3v) is 5.21. The third-order valence-electron chi connectivity index (χ3n) is 4.45. The molecule has 3 fully saturated rings. The highest BCUT2D eigenvalue weighted by atomic mass is 32.1. The van der Waals surface area contributed by atoms with Gasteiger partial charge in [-0.25, -0.2) is 4.98 Å². The summed E-state index contributed by atoms with van der Waals surface area (Å²) >= 11 is 1.69. The number of hydrogen-bond donors (Lipinski definition) is 0. The highest BCUT2D eigenvalue weighted by molar-refractivity contribution is 7.09. The van der Waals surface area contributed by atoms with Crippen LogP contribution in [0.25, 0.3) is 0 Å². The molecule has 1 aromatic heterocycles. The Morgan fingerprint density at radius 3 is 3.05 bits per heavy atom. The number of nitrogens with zero attached hydrogens (tertiary/aromatic N) is 3. The predicted molar refractivity (Wildman–Crippen MR) is 75.4 cm³/mol. The zero-order valence-corrected chi connectivity index (χ0v) is 12.2. The fourth-order valence-electron chi connectivity index (χ4n) is 3.21. The van der Waals surface area contributed by atoms with Crippen LogP contribution in [0.5, 0.6) is 0 Å². The Morgan fingerprint density at radius 2 is 2.30 bits per heavy atom. The van der Waals surface area contributed by atoms with Crippen LogP contribution in [0.3, 0.4) is 0 Å². The van der Waals surface area contributed by atoms with Crippen LogP contribution in [-0.4, -0.2) is 59.1 Å². The molecule has 5 nitrogen and oxygen atoms in total. The number of carbonyl (C=O) groups excluding carboxylic acids is 1. The maximum absolute atomic E-state index is 12.1. The van der Waals surface area contributed by atoms with Gasteiger partial charge in [0.25, 0.3) is 0 Å². The normalized spacial score (nSPS) is 30.8. The lowest BCUT2D eigenvalue weighted by Crippen LogP contribution is -2.54. The number of amides is 1. The topological polar surface area (TPSA) is 45.7 Å². The summed E-state index contributed by atoms with van der Waals surface area (Å²) in [5.41, 5.74) is 0. The molecule has 6 heteroatoms. The molecule has 0 spiro atoms. The third kappa shape index (κ3) is 2.47. The van der Waals surface area contributed by atoms with Crippen molar-refractivity contribution in [2.24, 2.45) is 5.92 Å². The van der Waals surface area contributed by atoms with Crippen LogP contribution in [0.2, 0.25) is 0 Å². The Hall–Kier alpha value is -0.980. The number of aromatic nitrogens is 1. The Bertz CT molecular complexity index is 489. The number of morpholine rings is 1. The van der Waals surface area contributed by atoms with E-state index in [0.717, 1.165) is 37.1 Å². The van der Waals surface area contributed by atoms with E-state index in [4.69, 9.17) is 4.74 Å². The van der Waals surface area contributed by atoms with Gasteiger partial charge in [-0.15, -0.1) is 11.3 Å². The molecule has 1 aliphatic carbocycles. The van der Waals surface area contributed by atoms with Gasteiger partial charge in [0.1, 0.15) is 11.6 Å². The van der Waals surface area contributed by atoms with Crippen molar-refractivity contribution in [2.75, 3.05) is 26.2 Å². The number of thiazole rings is 1. The van der Waals surface area contributed by atoms with E-state index in [1.807, 2.05) is 11.6 Å². The summed E-state index contributed by atoms with van der Waals surface area (Å²) in [5, 5.41) is 3.15. The summed E-state index contributed by atoms with van der Waals surface area (Å²) in [7, 11) is 0. The second-order valence-electron chi connectivity index (χ2n) is 6.03. The molecule has 0 aromatic carbocycles. The Kier molecular flexibility index (Phi) is 3.24. The molecule has 0 radical (unpaired) electrons. The maximum atomic E-state index is 12.1. The Labute approximate surface area is 122 Å². The molecule has 2 saturated heterocycles. The Balaban J connectivity index is 1.44. The minimum absolute atomic E-state index is 0.175. The van der Waals surface area contributed by atoms with Gasteiger partial charge < -0.3 is 9.64 Å². The first-order valence-corrected chi connectivity index (χ1v) is 8.19. The van der Waals surface area contributed by atoms with E-state index < -0.39 is 0 Å². The zero-order valence-electron chi connectivity index (χ0n) is 11.4. The predicted octanol–water partition coefficient (Wildman–Crippen LogP) is 0.965. The van der Waals surface area contributed by atoms with Crippen molar-refractivity contribution >= 4 is 17.2 Å². The minimum atomic E-state index is 0.175. The first kappa shape index (κ1) is 12.7. The van der Waals surface area contributed by atoms with Gasteiger partial charge in [0.2, 0.25) is 5.91 Å². The molecule has 108 valence electrons. The average molecular weight is 293 g/mol. The number of rotatable bonds is 4. The van der Waals surface area contributed by atoms with E-state index in [9.17, 15) is 4.79 Å². The number of fused-ring (bicyclic) bond motifs is 1. The lowest BCUT2D eigenvalue weighted by Gasteiger charge is -2.36. The first-order valence-electron chi connectivity index (χ1n) is 7.31. The number of ether oxygens (including phenoxy) is 1. The fraction of sp³-hybridized carbons (Fsp3) is 0.714. The number of hydrogen-bond acceptors (Lipinski definition) is 5. The van der Waals surface area contributed by atoms with Crippen LogP contribution >= 0.6 is 11.3 Å². The molecule has 20 heavy (non-hydrogen) atoms. The molecule has 0 unspecified atom stereocenters. The molecule has 1 saturated carbocycles. The monoisotopic (exact) mass is 293 g/mol. The van der Waals surface area contributed by atoms with Crippen molar-refractivity contribution in [2.45, 2.75) is 31.5 Å². The highest BCUT2D eigenvalue weighted by Crippen LogP contribution is 2.33. The molecule has 0 N–H and O–H groups in total. The molecular formula is C14H19N3O2S. The Morgan fingerprint density at radius 1 is 1.40 bits per heavy atom. The quantitative estimate of drug-likeness (QED) is 0.830. The van der Waals surface area contributed by atoms with Gasteiger partial charge in [0.15, 0.2) is 0 Å². The van der Waals surface area contributed by atoms with Gasteiger partial charge in [-0.3, -0.25) is 9.69 Å². The largest absolute Gasteiger partial charge is 0.365 e. The SMILES string of the molecule is O=C1CO[C@@H]2CN(Cc3nccs3)C[C@H]2N1CC1CC1. The minimum Gasteiger partial charge on any atom is -0.365 e. The van der Waals surface area contributed by atoms with Crippen LogP contribution in [0, 0.1) is 5.92 Å². The maximum Gasteiger partial charge on any atom is 0.248 e. The van der Waals surface area contributed by atoms with Crippen LogP contribution in [0.1, 0.15) is 17.8 Å². The lowest BCUT2D eigenvalue weighted by atomic mass is 10.1. The molecule has 2 atom stereocenters. The van der Waals surface area contributed by atoms with Gasteiger partial charge in [-0.05, 0) is 18.8 Å². The van der Waals surface area contributed by atoms with Crippen molar-refractivity contribution in [3.8, 4) is 0 Å². The van der Waals surface area contributed by atoms with E-state index in [-0.39, 0.29) is 24.7 Å². The molecule has 0 bridgehead atoms. The summed E-state index contributed by atoms with van der Waals surface area (Å²) in [5.74, 6) is 0.917. The van der Waals surface area contributed by atoms with Crippen LogP contribution in [-0.2, 0) is 16.1 Å². The zero-order chi connectivity index (χ0) is 13.5. The van der Waals surface area contributed by atoms with Crippen LogP contribution < -0.4 is 0 Å². The van der Waals surface area contributed by atoms with Gasteiger partial charge in [-0.2, -0.15) is 0 Å². The van der Waals surface area contributed by atoms with Crippen molar-refractivity contribution in [1.82, 2.24) is 14.8 Å². The molecule has 3 aliphatic rings. The van der Waals surface area contributed by atoms with Gasteiger partial charge >= 0.3 is 0 Å². The lowest BCUT2D eigenvalue weighted by molar-refractivity contribution is -0.153. The number of carbonyl (C=O) groups is 1. The molecule has 3 heterocycles. The second kappa shape index (κ2) is 5.09. The van der Waals surface area contributed by atoms with Gasteiger partial charge in [0, 0.05) is 31.2 Å². The van der Waals surface area contributed by atoms with Gasteiger partial charge in [0.05, 0.1) is 18.7 Å². The smallest absolute Gasteiger partial charge is 0.248 e. The fourth-order valence-corrected chi connectivity index (χ4v) is 3.87. The average Bonchev–Trinajstić information content (AvgIpc) is 2.95. The first-order chi connectivity index (χ1) is 9.79. The molecule has 2 aliphatic heterocycles. The van der Waals surface area contributed by atoms with Crippen molar-refractivity contribution in [3.63, 3.8) is 0 Å². The van der Waals surface area contributed by atoms with Crippen molar-refractivity contribution < 1.29 is 9.53 Å². The standard InChI is InChI=1S/C14H19N3O2S/c18-14-9-19-12-7-16(8-13-15-3-4-20-13)6-11(12)17(14)5-10-1-2-10/h3-4,10-12H,1-2,5-9H2/t11-,12-/m1/s1. The van der Waals surface area contributed by atoms with E-state index in [1.54, 1.807) is 11.3 Å². The van der Waals surface area contributed by atoms with E-state index >= 15 is 0 Å². The van der Waals surface area contributed by atoms with Crippen molar-refractivity contribution in [3.05, 3.63) is 16.6 Å². The molecule has 1 aromatic rings. The van der Waals surface area contributed by atoms with E-state index in [1.165, 1.54) is 12.8 Å².